The van der Waals surface area contributed by atoms with Crippen LogP contribution in [0.3, 0.4) is 0 Å². The summed E-state index contributed by atoms with van der Waals surface area (Å²) in [5.74, 6) is 0. The van der Waals surface area contributed by atoms with E-state index in [2.05, 4.69) is 5.32 Å². The number of nitrogens with zero attached hydrogens (tertiary/aromatic N) is 1. The minimum atomic E-state index is 0.0352. The fourth-order valence-electron chi connectivity index (χ4n) is 2.72. The second kappa shape index (κ2) is 5.69. The van der Waals surface area contributed by atoms with Crippen LogP contribution in [0.1, 0.15) is 25.7 Å². The summed E-state index contributed by atoms with van der Waals surface area (Å²) in [7, 11) is 0. The number of amides is 2. The minimum Gasteiger partial charge on any atom is -0.378 e. The molecule has 17 heavy (non-hydrogen) atoms. The maximum Gasteiger partial charge on any atom is 0.317 e. The minimum absolute atomic E-state index is 0.0352. The lowest BCUT2D eigenvalue weighted by Crippen LogP contribution is -2.49. The van der Waals surface area contributed by atoms with Crippen LogP contribution in [-0.4, -0.2) is 50.3 Å². The molecule has 5 heteroatoms. The number of rotatable bonds is 3. The van der Waals surface area contributed by atoms with Gasteiger partial charge in [-0.1, -0.05) is 12.8 Å². The van der Waals surface area contributed by atoms with Crippen LogP contribution in [0, 0.1) is 5.41 Å². The van der Waals surface area contributed by atoms with Gasteiger partial charge >= 0.3 is 6.03 Å². The van der Waals surface area contributed by atoms with Gasteiger partial charge in [-0.25, -0.2) is 4.79 Å². The standard InChI is InChI=1S/C12H23N3O2/c13-9-12(3-1-2-4-12)10-14-11(16)15-5-7-17-8-6-15/h1-10,13H2,(H,14,16). The SMILES string of the molecule is NCC1(CNC(=O)N2CCOCC2)CCCC1. The number of carbonyl (C=O) groups is 1. The number of nitrogens with one attached hydrogen (secondary N) is 1. The van der Waals surface area contributed by atoms with E-state index < -0.39 is 0 Å². The Morgan fingerprint density at radius 1 is 1.29 bits per heavy atom. The van der Waals surface area contributed by atoms with Crippen LogP contribution in [0.4, 0.5) is 4.79 Å². The number of nitrogens with two attached hydrogens (primary N) is 1. The van der Waals surface area contributed by atoms with Crippen LogP contribution in [0.2, 0.25) is 0 Å². The molecule has 3 N–H and O–H groups in total. The lowest BCUT2D eigenvalue weighted by atomic mass is 9.86. The lowest BCUT2D eigenvalue weighted by molar-refractivity contribution is 0.0524. The Labute approximate surface area is 103 Å². The van der Waals surface area contributed by atoms with E-state index in [0.717, 1.165) is 19.4 Å². The summed E-state index contributed by atoms with van der Waals surface area (Å²) in [5, 5.41) is 3.04. The van der Waals surface area contributed by atoms with Crippen molar-refractivity contribution in [3.63, 3.8) is 0 Å². The normalized spacial score (nSPS) is 23.7. The average molecular weight is 241 g/mol. The molecule has 1 aliphatic carbocycles. The highest BCUT2D eigenvalue weighted by molar-refractivity contribution is 5.74. The number of ether oxygens (including phenoxy) is 1. The summed E-state index contributed by atoms with van der Waals surface area (Å²) >= 11 is 0. The summed E-state index contributed by atoms with van der Waals surface area (Å²) < 4.78 is 5.23. The van der Waals surface area contributed by atoms with E-state index in [1.165, 1.54) is 12.8 Å². The molecule has 1 heterocycles. The van der Waals surface area contributed by atoms with Crippen LogP contribution in [0.25, 0.3) is 0 Å². The summed E-state index contributed by atoms with van der Waals surface area (Å²) in [6.07, 6.45) is 4.77. The van der Waals surface area contributed by atoms with Crippen molar-refractivity contribution in [2.45, 2.75) is 25.7 Å². The topological polar surface area (TPSA) is 67.6 Å². The van der Waals surface area contributed by atoms with Gasteiger partial charge in [-0.05, 0) is 19.4 Å². The third kappa shape index (κ3) is 3.10. The molecule has 5 nitrogen and oxygen atoms in total. The molecule has 2 amide bonds. The van der Waals surface area contributed by atoms with Gasteiger partial charge in [0.05, 0.1) is 13.2 Å². The van der Waals surface area contributed by atoms with Gasteiger partial charge in [-0.2, -0.15) is 0 Å². The molecule has 2 fully saturated rings. The maximum absolute atomic E-state index is 11.9. The van der Waals surface area contributed by atoms with E-state index >= 15 is 0 Å². The average Bonchev–Trinajstić information content (AvgIpc) is 2.86. The molecule has 0 radical (unpaired) electrons. The molecule has 0 atom stereocenters. The number of hydrogen-bond acceptors (Lipinski definition) is 3. The van der Waals surface area contributed by atoms with Gasteiger partial charge < -0.3 is 20.7 Å². The highest BCUT2D eigenvalue weighted by atomic mass is 16.5. The molecule has 0 spiro atoms. The summed E-state index contributed by atoms with van der Waals surface area (Å²) in [4.78, 5) is 13.8. The second-order valence-corrected chi connectivity index (χ2v) is 5.17. The molecule has 1 saturated carbocycles. The molecular weight excluding hydrogens is 218 g/mol. The molecule has 0 bridgehead atoms. The van der Waals surface area contributed by atoms with Crippen molar-refractivity contribution >= 4 is 6.03 Å². The van der Waals surface area contributed by atoms with Crippen LogP contribution in [-0.2, 0) is 4.74 Å². The zero-order valence-corrected chi connectivity index (χ0v) is 10.4. The summed E-state index contributed by atoms with van der Waals surface area (Å²) in [6.45, 7) is 4.09. The van der Waals surface area contributed by atoms with E-state index in [-0.39, 0.29) is 11.4 Å². The van der Waals surface area contributed by atoms with E-state index in [0.29, 0.717) is 32.8 Å². The fraction of sp³-hybridized carbons (Fsp3) is 0.917. The third-order valence-corrected chi connectivity index (χ3v) is 4.01. The monoisotopic (exact) mass is 241 g/mol. The van der Waals surface area contributed by atoms with Crippen LogP contribution in [0.5, 0.6) is 0 Å². The van der Waals surface area contributed by atoms with Gasteiger partial charge in [0.2, 0.25) is 0 Å². The predicted octanol–water partition coefficient (Wildman–Crippen LogP) is 0.547. The third-order valence-electron chi connectivity index (χ3n) is 4.01. The molecule has 0 aromatic heterocycles. The van der Waals surface area contributed by atoms with Gasteiger partial charge in [0.25, 0.3) is 0 Å². The summed E-state index contributed by atoms with van der Waals surface area (Å²) in [5.41, 5.74) is 6.00. The van der Waals surface area contributed by atoms with Gasteiger partial charge in [0.15, 0.2) is 0 Å². The van der Waals surface area contributed by atoms with Crippen LogP contribution >= 0.6 is 0 Å². The quantitative estimate of drug-likeness (QED) is 0.758. The number of carbonyl (C=O) groups excluding carboxylic acids is 1. The Balaban J connectivity index is 1.78. The van der Waals surface area contributed by atoms with E-state index in [1.54, 1.807) is 0 Å². The molecule has 1 saturated heterocycles. The van der Waals surface area contributed by atoms with E-state index in [1.807, 2.05) is 4.90 Å². The van der Waals surface area contributed by atoms with Crippen molar-refractivity contribution in [3.05, 3.63) is 0 Å². The molecule has 2 aliphatic rings. The Morgan fingerprint density at radius 3 is 2.53 bits per heavy atom. The Hall–Kier alpha value is -0.810. The predicted molar refractivity (Wildman–Crippen MR) is 65.7 cm³/mol. The first-order valence-corrected chi connectivity index (χ1v) is 6.56. The Kier molecular flexibility index (Phi) is 4.23. The Bertz CT molecular complexity index is 258. The lowest BCUT2D eigenvalue weighted by Gasteiger charge is -2.31. The highest BCUT2D eigenvalue weighted by Gasteiger charge is 2.33. The maximum atomic E-state index is 11.9. The fourth-order valence-corrected chi connectivity index (χ4v) is 2.72. The van der Waals surface area contributed by atoms with Crippen molar-refractivity contribution in [1.29, 1.82) is 0 Å². The highest BCUT2D eigenvalue weighted by Crippen LogP contribution is 2.36. The molecule has 0 aromatic carbocycles. The second-order valence-electron chi connectivity index (χ2n) is 5.17. The first-order chi connectivity index (χ1) is 8.26. The Morgan fingerprint density at radius 2 is 1.94 bits per heavy atom. The first kappa shape index (κ1) is 12.6. The van der Waals surface area contributed by atoms with Crippen LogP contribution in [0.15, 0.2) is 0 Å². The molecule has 1 aliphatic heterocycles. The van der Waals surface area contributed by atoms with Crippen molar-refractivity contribution < 1.29 is 9.53 Å². The van der Waals surface area contributed by atoms with Gasteiger partial charge in [0.1, 0.15) is 0 Å². The zero-order chi connectivity index (χ0) is 12.1. The van der Waals surface area contributed by atoms with Crippen LogP contribution < -0.4 is 11.1 Å². The van der Waals surface area contributed by atoms with Gasteiger partial charge in [-0.3, -0.25) is 0 Å². The van der Waals surface area contributed by atoms with Crippen molar-refractivity contribution in [1.82, 2.24) is 10.2 Å². The molecule has 98 valence electrons. The summed E-state index contributed by atoms with van der Waals surface area (Å²) in [6, 6.07) is 0.0352. The molecule has 2 rings (SSSR count). The molecular formula is C12H23N3O2. The van der Waals surface area contributed by atoms with Crippen molar-refractivity contribution in [2.75, 3.05) is 39.4 Å². The zero-order valence-electron chi connectivity index (χ0n) is 10.4. The first-order valence-electron chi connectivity index (χ1n) is 6.56. The van der Waals surface area contributed by atoms with Crippen molar-refractivity contribution in [3.8, 4) is 0 Å². The van der Waals surface area contributed by atoms with Gasteiger partial charge in [-0.15, -0.1) is 0 Å². The molecule has 0 unspecified atom stereocenters. The van der Waals surface area contributed by atoms with E-state index in [4.69, 9.17) is 10.5 Å². The smallest absolute Gasteiger partial charge is 0.317 e. The largest absolute Gasteiger partial charge is 0.378 e. The number of hydrogen-bond donors (Lipinski definition) is 2. The van der Waals surface area contributed by atoms with Crippen molar-refractivity contribution in [2.24, 2.45) is 11.1 Å². The van der Waals surface area contributed by atoms with E-state index in [9.17, 15) is 4.79 Å². The number of urea groups is 1. The van der Waals surface area contributed by atoms with Gasteiger partial charge in [0, 0.05) is 25.0 Å². The number of morpholine rings is 1. The molecule has 0 aromatic rings.